The Morgan fingerprint density at radius 2 is 2.33 bits per heavy atom. The highest BCUT2D eigenvalue weighted by molar-refractivity contribution is 5.27. The summed E-state index contributed by atoms with van der Waals surface area (Å²) in [4.78, 5) is 14.7. The number of aliphatic hydroxyl groups is 2. The van der Waals surface area contributed by atoms with Gasteiger partial charge in [0.15, 0.2) is 17.3 Å². The van der Waals surface area contributed by atoms with Gasteiger partial charge in [-0.15, -0.1) is 0 Å². The predicted octanol–water partition coefficient (Wildman–Crippen LogP) is -0.639. The number of anilines is 1. The lowest BCUT2D eigenvalue weighted by Crippen LogP contribution is -2.68. The quantitative estimate of drug-likeness (QED) is 0.657. The van der Waals surface area contributed by atoms with Crippen LogP contribution >= 0.6 is 0 Å². The van der Waals surface area contributed by atoms with Gasteiger partial charge in [-0.3, -0.25) is 4.57 Å². The molecule has 0 aromatic carbocycles. The van der Waals surface area contributed by atoms with Crippen LogP contribution < -0.4 is 11.4 Å². The van der Waals surface area contributed by atoms with Crippen LogP contribution in [0.4, 0.5) is 14.6 Å². The highest BCUT2D eigenvalue weighted by Crippen LogP contribution is 2.52. The molecule has 1 aromatic heterocycles. The van der Waals surface area contributed by atoms with E-state index in [2.05, 4.69) is 4.98 Å². The molecule has 1 aliphatic rings. The number of rotatable bonds is 2. The Labute approximate surface area is 101 Å². The van der Waals surface area contributed by atoms with E-state index in [9.17, 15) is 18.7 Å². The molecule has 0 radical (unpaired) electrons. The molecule has 100 valence electrons. The van der Waals surface area contributed by atoms with Crippen LogP contribution in [0.2, 0.25) is 0 Å². The summed E-state index contributed by atoms with van der Waals surface area (Å²) in [5.41, 5.74) is 0.0237. The van der Waals surface area contributed by atoms with E-state index in [0.717, 1.165) is 17.7 Å². The smallest absolute Gasteiger partial charge is 0.350 e. The van der Waals surface area contributed by atoms with Crippen LogP contribution in [0.1, 0.15) is 19.4 Å². The number of nitrogens with two attached hydrogens (primary N) is 1. The van der Waals surface area contributed by atoms with Crippen molar-refractivity contribution in [3.63, 3.8) is 0 Å². The molecule has 1 aromatic rings. The van der Waals surface area contributed by atoms with Crippen molar-refractivity contribution in [2.45, 2.75) is 30.7 Å². The average molecular weight is 261 g/mol. The average Bonchev–Trinajstić information content (AvgIpc) is 2.30. The van der Waals surface area contributed by atoms with E-state index in [1.54, 1.807) is 0 Å². The Kier molecular flexibility index (Phi) is 2.67. The van der Waals surface area contributed by atoms with Crippen molar-refractivity contribution in [1.82, 2.24) is 9.55 Å². The zero-order valence-corrected chi connectivity index (χ0v) is 9.60. The normalized spacial score (nSPS) is 35.3. The summed E-state index contributed by atoms with van der Waals surface area (Å²) in [6.45, 7) is 0.258. The Bertz CT molecular complexity index is 546. The van der Waals surface area contributed by atoms with Gasteiger partial charge in [0, 0.05) is 12.6 Å². The van der Waals surface area contributed by atoms with E-state index < -0.39 is 41.2 Å². The van der Waals surface area contributed by atoms with E-state index in [-0.39, 0.29) is 6.42 Å². The summed E-state index contributed by atoms with van der Waals surface area (Å²) < 4.78 is 28.2. The molecule has 0 aliphatic heterocycles. The van der Waals surface area contributed by atoms with E-state index in [0.29, 0.717) is 0 Å². The van der Waals surface area contributed by atoms with Crippen molar-refractivity contribution in [2.75, 3.05) is 12.3 Å². The maximum atomic E-state index is 14.3. The van der Waals surface area contributed by atoms with E-state index in [1.165, 1.54) is 0 Å². The third-order valence-electron chi connectivity index (χ3n) is 3.60. The molecule has 3 atom stereocenters. The predicted molar refractivity (Wildman–Crippen MR) is 58.1 cm³/mol. The lowest BCUT2D eigenvalue weighted by atomic mass is 9.64. The first-order valence-corrected chi connectivity index (χ1v) is 5.29. The standard InChI is InChI=1S/C10H13F2N3O3/c1-9(12)6(2-10(9,18)4-16)15-3-5(11)7(13)14-8(15)17/h3,6,16,18H,2,4H2,1H3,(H2,13,14,17)/t6-,9+,10+/m1/s1. The lowest BCUT2D eigenvalue weighted by molar-refractivity contribution is -0.223. The van der Waals surface area contributed by atoms with Gasteiger partial charge < -0.3 is 15.9 Å². The van der Waals surface area contributed by atoms with Crippen LogP contribution in [-0.4, -0.2) is 37.6 Å². The molecule has 4 N–H and O–H groups in total. The Morgan fingerprint density at radius 1 is 1.72 bits per heavy atom. The molecular formula is C10H13F2N3O3. The summed E-state index contributed by atoms with van der Waals surface area (Å²) in [6.07, 6.45) is 0.547. The fourth-order valence-corrected chi connectivity index (χ4v) is 2.15. The van der Waals surface area contributed by atoms with Crippen molar-refractivity contribution in [3.05, 3.63) is 22.5 Å². The van der Waals surface area contributed by atoms with Crippen molar-refractivity contribution in [3.8, 4) is 0 Å². The molecule has 1 heterocycles. The van der Waals surface area contributed by atoms with Gasteiger partial charge in [-0.05, 0) is 6.92 Å². The van der Waals surface area contributed by atoms with Gasteiger partial charge in [0.25, 0.3) is 0 Å². The van der Waals surface area contributed by atoms with E-state index in [4.69, 9.17) is 10.8 Å². The van der Waals surface area contributed by atoms with E-state index >= 15 is 0 Å². The van der Waals surface area contributed by atoms with Gasteiger partial charge in [-0.25, -0.2) is 13.6 Å². The molecule has 8 heteroatoms. The van der Waals surface area contributed by atoms with Crippen LogP contribution in [0.15, 0.2) is 11.0 Å². The number of nitrogen functional groups attached to an aromatic ring is 1. The molecular weight excluding hydrogens is 248 g/mol. The third-order valence-corrected chi connectivity index (χ3v) is 3.60. The topological polar surface area (TPSA) is 101 Å². The minimum absolute atomic E-state index is 0.207. The summed E-state index contributed by atoms with van der Waals surface area (Å²) in [6, 6.07) is -1.09. The van der Waals surface area contributed by atoms with Gasteiger partial charge in [0.2, 0.25) is 0 Å². The fourth-order valence-electron chi connectivity index (χ4n) is 2.15. The molecule has 1 aliphatic carbocycles. The van der Waals surface area contributed by atoms with Crippen LogP contribution in [-0.2, 0) is 0 Å². The number of halogens is 2. The van der Waals surface area contributed by atoms with Crippen LogP contribution in [0.5, 0.6) is 0 Å². The van der Waals surface area contributed by atoms with Crippen LogP contribution in [0, 0.1) is 5.82 Å². The molecule has 0 spiro atoms. The number of aliphatic hydroxyl groups excluding tert-OH is 1. The summed E-state index contributed by atoms with van der Waals surface area (Å²) in [5, 5.41) is 18.6. The molecule has 18 heavy (non-hydrogen) atoms. The van der Waals surface area contributed by atoms with Gasteiger partial charge in [-0.1, -0.05) is 0 Å². The zero-order chi connectivity index (χ0) is 13.7. The number of hydrogen-bond donors (Lipinski definition) is 3. The number of alkyl halides is 1. The fraction of sp³-hybridized carbons (Fsp3) is 0.600. The maximum absolute atomic E-state index is 14.3. The van der Waals surface area contributed by atoms with Gasteiger partial charge in [-0.2, -0.15) is 4.98 Å². The monoisotopic (exact) mass is 261 g/mol. The Balaban J connectivity index is 2.42. The zero-order valence-electron chi connectivity index (χ0n) is 9.60. The van der Waals surface area contributed by atoms with Crippen LogP contribution in [0.25, 0.3) is 0 Å². The highest BCUT2D eigenvalue weighted by Gasteiger charge is 2.64. The first-order valence-electron chi connectivity index (χ1n) is 5.29. The van der Waals surface area contributed by atoms with E-state index in [1.807, 2.05) is 0 Å². The first-order chi connectivity index (χ1) is 8.23. The minimum atomic E-state index is -2.25. The molecule has 6 nitrogen and oxygen atoms in total. The second-order valence-electron chi connectivity index (χ2n) is 4.65. The second kappa shape index (κ2) is 3.72. The Morgan fingerprint density at radius 3 is 2.83 bits per heavy atom. The van der Waals surface area contributed by atoms with Crippen molar-refractivity contribution < 1.29 is 19.0 Å². The second-order valence-corrected chi connectivity index (χ2v) is 4.65. The highest BCUT2D eigenvalue weighted by atomic mass is 19.1. The van der Waals surface area contributed by atoms with Gasteiger partial charge in [0.05, 0.1) is 12.6 Å². The molecule has 1 fully saturated rings. The first kappa shape index (κ1) is 12.9. The van der Waals surface area contributed by atoms with Crippen molar-refractivity contribution >= 4 is 5.82 Å². The van der Waals surface area contributed by atoms with Crippen LogP contribution in [0.3, 0.4) is 0 Å². The molecule has 0 unspecified atom stereocenters. The summed E-state index contributed by atoms with van der Waals surface area (Å²) in [5.74, 6) is -1.50. The maximum Gasteiger partial charge on any atom is 0.350 e. The molecule has 0 amide bonds. The van der Waals surface area contributed by atoms with Crippen molar-refractivity contribution in [1.29, 1.82) is 0 Å². The SMILES string of the molecule is C[C@]1(F)[C@H](n2cc(F)c(N)nc2=O)C[C@]1(O)CO. The largest absolute Gasteiger partial charge is 0.393 e. The Hall–Kier alpha value is -1.54. The number of aromatic nitrogens is 2. The number of nitrogens with zero attached hydrogens (tertiary/aromatic N) is 2. The minimum Gasteiger partial charge on any atom is -0.393 e. The number of hydrogen-bond acceptors (Lipinski definition) is 5. The molecule has 0 bridgehead atoms. The summed E-state index contributed by atoms with van der Waals surface area (Å²) in [7, 11) is 0. The molecule has 1 saturated carbocycles. The van der Waals surface area contributed by atoms with Crippen molar-refractivity contribution in [2.24, 2.45) is 0 Å². The lowest BCUT2D eigenvalue weighted by Gasteiger charge is -2.54. The van der Waals surface area contributed by atoms with Gasteiger partial charge in [0.1, 0.15) is 5.60 Å². The third kappa shape index (κ3) is 1.52. The molecule has 2 rings (SSSR count). The summed E-state index contributed by atoms with van der Waals surface area (Å²) >= 11 is 0. The van der Waals surface area contributed by atoms with Gasteiger partial charge >= 0.3 is 5.69 Å². The molecule has 0 saturated heterocycles.